The van der Waals surface area contributed by atoms with Gasteiger partial charge in [-0.15, -0.1) is 12.4 Å². The van der Waals surface area contributed by atoms with Crippen molar-refractivity contribution in [3.05, 3.63) is 59.2 Å². The van der Waals surface area contributed by atoms with Crippen molar-refractivity contribution >= 4 is 59.7 Å². The van der Waals surface area contributed by atoms with Gasteiger partial charge in [0.05, 0.1) is 41.9 Å². The highest BCUT2D eigenvalue weighted by Crippen LogP contribution is 2.42. The van der Waals surface area contributed by atoms with E-state index in [9.17, 15) is 37.1 Å². The molecule has 18 heteroatoms. The van der Waals surface area contributed by atoms with Crippen molar-refractivity contribution in [2.45, 2.75) is 126 Å². The van der Waals surface area contributed by atoms with E-state index in [-0.39, 0.29) is 65.8 Å². The average Bonchev–Trinajstić information content (AvgIpc) is 3.35. The number of piperidine rings is 1. The van der Waals surface area contributed by atoms with Crippen LogP contribution in [0.2, 0.25) is 0 Å². The number of halogens is 4. The van der Waals surface area contributed by atoms with Gasteiger partial charge >= 0.3 is 12.2 Å². The second-order valence-electron chi connectivity index (χ2n) is 16.6. The van der Waals surface area contributed by atoms with Crippen LogP contribution in [0.1, 0.15) is 96.3 Å². The van der Waals surface area contributed by atoms with Gasteiger partial charge in [0.2, 0.25) is 17.7 Å². The number of rotatable bonds is 12. The van der Waals surface area contributed by atoms with E-state index >= 15 is 0 Å². The molecule has 2 N–H and O–H groups in total. The van der Waals surface area contributed by atoms with Crippen LogP contribution in [-0.2, 0) is 35.5 Å². The summed E-state index contributed by atoms with van der Waals surface area (Å²) in [6, 6.07) is 11.4. The Morgan fingerprint density at radius 2 is 1.67 bits per heavy atom. The Hall–Kier alpha value is -4.21. The monoisotopic (exact) mass is 875 g/mol. The standard InChI is InChI=1S/C42H52F3N7O6S.ClH/c1-6-41(18-17-35(53)48-37(41)55)29-8-10-30(11-9-29)47-36(54)25-50-26(2)23-49(24-27(50)3)19-20-58-32-14-12-31(13-15-32)51-39(57)52(38(56)40(51,4)5)59-33-16-7-28(22-46)34(21-33)42(43,44)45;/h7-11,16,21,26-27,31-32H,6,12-15,17-20,23-25H2,1-5H3,(H,47,54)(H,48,53,55);1H/t26-,27+,31?,32?,41-;/m1./s1. The summed E-state index contributed by atoms with van der Waals surface area (Å²) in [6.07, 6.45) is -0.888. The SMILES string of the molecule is CC[C@]1(c2ccc(NC(=O)CN3[C@H](C)CN(CCOC4CCC(N5C(=O)N(Sc6ccc(C#N)c(C(F)(F)F)c6)C(=O)C5(C)C)CC4)C[C@@H]3C)cc2)CCC(=O)NC1=O.Cl. The first-order valence-electron chi connectivity index (χ1n) is 20.2. The van der Waals surface area contributed by atoms with E-state index in [0.717, 1.165) is 41.6 Å². The average molecular weight is 876 g/mol. The van der Waals surface area contributed by atoms with Crippen molar-refractivity contribution in [3.63, 3.8) is 0 Å². The number of alkyl halides is 3. The largest absolute Gasteiger partial charge is 0.417 e. The Morgan fingerprint density at radius 1 is 1.02 bits per heavy atom. The van der Waals surface area contributed by atoms with Crippen LogP contribution in [0.25, 0.3) is 0 Å². The number of nitrogens with one attached hydrogen (secondary N) is 2. The van der Waals surface area contributed by atoms with Crippen LogP contribution in [0.3, 0.4) is 0 Å². The number of amides is 6. The smallest absolute Gasteiger partial charge is 0.377 e. The first-order valence-corrected chi connectivity index (χ1v) is 21.0. The molecule has 4 fully saturated rings. The molecule has 13 nitrogen and oxygen atoms in total. The maximum Gasteiger partial charge on any atom is 0.417 e. The fraction of sp³-hybridized carbons (Fsp3) is 0.571. The zero-order valence-corrected chi connectivity index (χ0v) is 36.1. The third-order valence-corrected chi connectivity index (χ3v) is 13.3. The van der Waals surface area contributed by atoms with Crippen molar-refractivity contribution in [2.24, 2.45) is 0 Å². The second kappa shape index (κ2) is 18.8. The third-order valence-electron chi connectivity index (χ3n) is 12.4. The summed E-state index contributed by atoms with van der Waals surface area (Å²) in [4.78, 5) is 70.8. The molecule has 1 saturated carbocycles. The van der Waals surface area contributed by atoms with Gasteiger partial charge in [0.15, 0.2) is 0 Å². The molecule has 1 aliphatic carbocycles. The van der Waals surface area contributed by atoms with Crippen LogP contribution < -0.4 is 10.6 Å². The summed E-state index contributed by atoms with van der Waals surface area (Å²) in [5, 5.41) is 14.6. The normalized spacial score (nSPS) is 26.4. The number of hydrogen-bond acceptors (Lipinski definition) is 10. The topological polar surface area (TPSA) is 155 Å². The Labute approximate surface area is 359 Å². The highest BCUT2D eigenvalue weighted by Gasteiger charge is 2.55. The van der Waals surface area contributed by atoms with Gasteiger partial charge in [-0.1, -0.05) is 19.1 Å². The molecule has 6 rings (SSSR count). The first kappa shape index (κ1) is 46.8. The number of benzene rings is 2. The highest BCUT2D eigenvalue weighted by atomic mass is 35.5. The van der Waals surface area contributed by atoms with Crippen LogP contribution in [0, 0.1) is 11.3 Å². The van der Waals surface area contributed by atoms with Gasteiger partial charge in [0, 0.05) is 54.8 Å². The molecule has 6 amide bonds. The molecule has 2 aromatic rings. The molecule has 3 atom stereocenters. The molecule has 326 valence electrons. The molecule has 60 heavy (non-hydrogen) atoms. The minimum Gasteiger partial charge on any atom is -0.377 e. The Kier molecular flexibility index (Phi) is 14.7. The van der Waals surface area contributed by atoms with E-state index in [4.69, 9.17) is 10.00 Å². The van der Waals surface area contributed by atoms with Crippen molar-refractivity contribution in [2.75, 3.05) is 38.1 Å². The maximum absolute atomic E-state index is 13.6. The molecule has 0 bridgehead atoms. The molecule has 2 aromatic carbocycles. The van der Waals surface area contributed by atoms with Crippen LogP contribution in [-0.4, -0.2) is 111 Å². The first-order chi connectivity index (χ1) is 27.9. The summed E-state index contributed by atoms with van der Waals surface area (Å²) >= 11 is 0.634. The molecule has 3 heterocycles. The number of imide groups is 2. The number of nitriles is 1. The number of hydrogen-bond donors (Lipinski definition) is 2. The van der Waals surface area contributed by atoms with Crippen LogP contribution >= 0.6 is 24.4 Å². The molecule has 0 unspecified atom stereocenters. The number of piperazine rings is 1. The van der Waals surface area contributed by atoms with Gasteiger partial charge in [-0.25, -0.2) is 4.79 Å². The lowest BCUT2D eigenvalue weighted by molar-refractivity contribution is -0.139. The van der Waals surface area contributed by atoms with Crippen molar-refractivity contribution < 1.29 is 41.9 Å². The minimum atomic E-state index is -4.77. The summed E-state index contributed by atoms with van der Waals surface area (Å²) in [5.41, 5.74) is -2.15. The Balaban J connectivity index is 0.00000683. The fourth-order valence-electron chi connectivity index (χ4n) is 9.07. The number of urea groups is 1. The predicted octanol–water partition coefficient (Wildman–Crippen LogP) is 6.49. The van der Waals surface area contributed by atoms with Gasteiger partial charge in [0.25, 0.3) is 5.91 Å². The summed E-state index contributed by atoms with van der Waals surface area (Å²) in [7, 11) is 0. The van der Waals surface area contributed by atoms with Crippen LogP contribution in [0.15, 0.2) is 47.4 Å². The van der Waals surface area contributed by atoms with Crippen LogP contribution in [0.4, 0.5) is 23.7 Å². The summed E-state index contributed by atoms with van der Waals surface area (Å²) in [5.74, 6) is -1.18. The fourth-order valence-corrected chi connectivity index (χ4v) is 10.1. The molecular formula is C42H53ClF3N7O6S. The summed E-state index contributed by atoms with van der Waals surface area (Å²) in [6.45, 7) is 12.4. The molecule has 0 aromatic heterocycles. The van der Waals surface area contributed by atoms with Gasteiger partial charge in [-0.3, -0.25) is 34.3 Å². The number of carbonyl (C=O) groups is 5. The van der Waals surface area contributed by atoms with E-state index in [1.807, 2.05) is 19.1 Å². The maximum atomic E-state index is 13.6. The van der Waals surface area contributed by atoms with E-state index < -0.39 is 40.2 Å². The van der Waals surface area contributed by atoms with Crippen LogP contribution in [0.5, 0.6) is 0 Å². The molecule has 3 saturated heterocycles. The van der Waals surface area contributed by atoms with E-state index in [0.29, 0.717) is 69.2 Å². The van der Waals surface area contributed by atoms with E-state index in [2.05, 4.69) is 34.3 Å². The van der Waals surface area contributed by atoms with Gasteiger partial charge in [-0.2, -0.15) is 22.7 Å². The van der Waals surface area contributed by atoms with Gasteiger partial charge in [-0.05, 0) is 114 Å². The van der Waals surface area contributed by atoms with Crippen molar-refractivity contribution in [3.8, 4) is 6.07 Å². The van der Waals surface area contributed by atoms with Gasteiger partial charge in [0.1, 0.15) is 5.54 Å². The highest BCUT2D eigenvalue weighted by molar-refractivity contribution is 7.98. The zero-order valence-electron chi connectivity index (χ0n) is 34.5. The minimum absolute atomic E-state index is 0. The Bertz CT molecular complexity index is 1980. The second-order valence-corrected chi connectivity index (χ2v) is 17.6. The van der Waals surface area contributed by atoms with Crippen molar-refractivity contribution in [1.29, 1.82) is 5.26 Å². The van der Waals surface area contributed by atoms with Crippen molar-refractivity contribution in [1.82, 2.24) is 24.3 Å². The Morgan fingerprint density at radius 3 is 2.25 bits per heavy atom. The lowest BCUT2D eigenvalue weighted by atomic mass is 9.72. The predicted molar refractivity (Wildman–Crippen MR) is 221 cm³/mol. The molecule has 4 aliphatic rings. The number of carbonyl (C=O) groups excluding carboxylic acids is 5. The quantitative estimate of drug-likeness (QED) is 0.137. The lowest BCUT2D eigenvalue weighted by Gasteiger charge is -2.44. The molecular weight excluding hydrogens is 823 g/mol. The molecule has 0 radical (unpaired) electrons. The number of anilines is 1. The number of nitrogens with zero attached hydrogens (tertiary/aromatic N) is 5. The molecule has 3 aliphatic heterocycles. The third kappa shape index (κ3) is 9.78. The van der Waals surface area contributed by atoms with E-state index in [1.54, 1.807) is 36.9 Å². The number of ether oxygens (including phenoxy) is 1. The van der Waals surface area contributed by atoms with Gasteiger partial charge < -0.3 is 15.0 Å². The molecule has 0 spiro atoms. The van der Waals surface area contributed by atoms with E-state index in [1.165, 1.54) is 6.07 Å². The lowest BCUT2D eigenvalue weighted by Crippen LogP contribution is -2.58. The zero-order chi connectivity index (χ0) is 42.9. The summed E-state index contributed by atoms with van der Waals surface area (Å²) < 4.78 is 47.9.